The highest BCUT2D eigenvalue weighted by atomic mass is 16.3. The summed E-state index contributed by atoms with van der Waals surface area (Å²) in [6.07, 6.45) is 0. The van der Waals surface area contributed by atoms with E-state index in [4.69, 9.17) is 5.11 Å². The van der Waals surface area contributed by atoms with E-state index in [9.17, 15) is 4.79 Å². The summed E-state index contributed by atoms with van der Waals surface area (Å²) in [6, 6.07) is 7.47. The van der Waals surface area contributed by atoms with Gasteiger partial charge in [-0.3, -0.25) is 4.79 Å². The van der Waals surface area contributed by atoms with Gasteiger partial charge in [0.15, 0.2) is 0 Å². The molecule has 1 aromatic carbocycles. The van der Waals surface area contributed by atoms with Gasteiger partial charge in [0.1, 0.15) is 0 Å². The van der Waals surface area contributed by atoms with Crippen LogP contribution in [-0.2, 0) is 6.54 Å². The van der Waals surface area contributed by atoms with Crippen molar-refractivity contribution in [1.82, 2.24) is 10.6 Å². The fourth-order valence-corrected chi connectivity index (χ4v) is 1.41. The summed E-state index contributed by atoms with van der Waals surface area (Å²) in [5.41, 5.74) is 1.84. The van der Waals surface area contributed by atoms with Gasteiger partial charge in [-0.2, -0.15) is 0 Å². The van der Waals surface area contributed by atoms with Crippen molar-refractivity contribution in [3.63, 3.8) is 0 Å². The number of amides is 1. The molecular formula is C14H22N2O2. The van der Waals surface area contributed by atoms with E-state index < -0.39 is 0 Å². The molecule has 3 N–H and O–H groups in total. The Morgan fingerprint density at radius 3 is 2.33 bits per heavy atom. The summed E-state index contributed by atoms with van der Waals surface area (Å²) in [5, 5.41) is 14.6. The van der Waals surface area contributed by atoms with Crippen LogP contribution in [0.2, 0.25) is 0 Å². The summed E-state index contributed by atoms with van der Waals surface area (Å²) in [7, 11) is 0. The Morgan fingerprint density at radius 2 is 1.83 bits per heavy atom. The molecule has 0 radical (unpaired) electrons. The predicted octanol–water partition coefficient (Wildman–Crippen LogP) is 1.30. The molecule has 1 aromatic rings. The lowest BCUT2D eigenvalue weighted by Gasteiger charge is -2.20. The summed E-state index contributed by atoms with van der Waals surface area (Å²) < 4.78 is 0. The second-order valence-corrected chi connectivity index (χ2v) is 5.28. The van der Waals surface area contributed by atoms with E-state index in [-0.39, 0.29) is 24.6 Å². The Balaban J connectivity index is 2.54. The highest BCUT2D eigenvalue weighted by Gasteiger charge is 2.09. The minimum atomic E-state index is -0.153. The first-order valence-electron chi connectivity index (χ1n) is 6.15. The number of hydrogen-bond donors (Lipinski definition) is 3. The van der Waals surface area contributed by atoms with Gasteiger partial charge in [0.2, 0.25) is 0 Å². The number of benzene rings is 1. The third-order valence-corrected chi connectivity index (χ3v) is 2.44. The van der Waals surface area contributed by atoms with Crippen LogP contribution in [0.5, 0.6) is 0 Å². The maximum atomic E-state index is 11.6. The molecule has 0 saturated carbocycles. The molecule has 0 spiro atoms. The molecule has 0 unspecified atom stereocenters. The number of hydrogen-bond acceptors (Lipinski definition) is 3. The van der Waals surface area contributed by atoms with Crippen molar-refractivity contribution >= 4 is 5.91 Å². The zero-order valence-corrected chi connectivity index (χ0v) is 11.3. The zero-order valence-electron chi connectivity index (χ0n) is 11.3. The molecule has 0 aromatic heterocycles. The zero-order chi connectivity index (χ0) is 13.6. The Labute approximate surface area is 108 Å². The summed E-state index contributed by atoms with van der Waals surface area (Å²) in [6.45, 7) is 7.37. The fraction of sp³-hybridized carbons (Fsp3) is 0.500. The number of rotatable bonds is 5. The van der Waals surface area contributed by atoms with Crippen molar-refractivity contribution in [3.05, 3.63) is 35.4 Å². The Hall–Kier alpha value is -1.39. The molecule has 4 heteroatoms. The van der Waals surface area contributed by atoms with Crippen LogP contribution in [0.4, 0.5) is 0 Å². The highest BCUT2D eigenvalue weighted by molar-refractivity contribution is 5.94. The maximum absolute atomic E-state index is 11.6. The summed E-state index contributed by atoms with van der Waals surface area (Å²) >= 11 is 0. The number of carbonyl (C=O) groups is 1. The Bertz CT molecular complexity index is 380. The molecule has 18 heavy (non-hydrogen) atoms. The first-order chi connectivity index (χ1) is 8.42. The minimum Gasteiger partial charge on any atom is -0.395 e. The second kappa shape index (κ2) is 6.52. The van der Waals surface area contributed by atoms with E-state index in [1.807, 2.05) is 12.1 Å². The first kappa shape index (κ1) is 14.7. The van der Waals surface area contributed by atoms with E-state index >= 15 is 0 Å². The van der Waals surface area contributed by atoms with Gasteiger partial charge in [-0.15, -0.1) is 0 Å². The van der Waals surface area contributed by atoms with Gasteiger partial charge >= 0.3 is 0 Å². The van der Waals surface area contributed by atoms with Crippen molar-refractivity contribution in [2.45, 2.75) is 32.9 Å². The SMILES string of the molecule is CC(C)(C)NCc1ccc(C(=O)NCCO)cc1. The van der Waals surface area contributed by atoms with Gasteiger partial charge in [-0.1, -0.05) is 12.1 Å². The van der Waals surface area contributed by atoms with Gasteiger partial charge in [0, 0.05) is 24.2 Å². The summed E-state index contributed by atoms with van der Waals surface area (Å²) in [5.74, 6) is -0.153. The molecule has 0 heterocycles. The number of aliphatic hydroxyl groups is 1. The molecule has 0 aliphatic rings. The second-order valence-electron chi connectivity index (χ2n) is 5.28. The van der Waals surface area contributed by atoms with Crippen molar-refractivity contribution in [2.24, 2.45) is 0 Å². The normalized spacial score (nSPS) is 11.3. The molecule has 0 aliphatic carbocycles. The van der Waals surface area contributed by atoms with E-state index in [2.05, 4.69) is 31.4 Å². The van der Waals surface area contributed by atoms with Crippen LogP contribution < -0.4 is 10.6 Å². The largest absolute Gasteiger partial charge is 0.395 e. The molecule has 0 bridgehead atoms. The Kier molecular flexibility index (Phi) is 5.31. The lowest BCUT2D eigenvalue weighted by molar-refractivity contribution is 0.0945. The molecule has 0 aliphatic heterocycles. The van der Waals surface area contributed by atoms with Crippen LogP contribution in [0.3, 0.4) is 0 Å². The highest BCUT2D eigenvalue weighted by Crippen LogP contribution is 2.07. The molecule has 0 atom stereocenters. The molecule has 4 nitrogen and oxygen atoms in total. The van der Waals surface area contributed by atoms with Crippen LogP contribution in [0.1, 0.15) is 36.7 Å². The molecular weight excluding hydrogens is 228 g/mol. The summed E-state index contributed by atoms with van der Waals surface area (Å²) in [4.78, 5) is 11.6. The monoisotopic (exact) mass is 250 g/mol. The standard InChI is InChI=1S/C14H22N2O2/c1-14(2,3)16-10-11-4-6-12(7-5-11)13(18)15-8-9-17/h4-7,16-17H,8-10H2,1-3H3,(H,15,18). The van der Waals surface area contributed by atoms with Crippen molar-refractivity contribution < 1.29 is 9.90 Å². The molecule has 0 saturated heterocycles. The van der Waals surface area contributed by atoms with Crippen LogP contribution >= 0.6 is 0 Å². The minimum absolute atomic E-state index is 0.0423. The smallest absolute Gasteiger partial charge is 0.251 e. The van der Waals surface area contributed by atoms with Gasteiger partial charge < -0.3 is 15.7 Å². The van der Waals surface area contributed by atoms with Crippen LogP contribution in [0, 0.1) is 0 Å². The lowest BCUT2D eigenvalue weighted by atomic mass is 10.1. The fourth-order valence-electron chi connectivity index (χ4n) is 1.41. The van der Waals surface area contributed by atoms with Crippen LogP contribution in [-0.4, -0.2) is 29.7 Å². The molecule has 0 fully saturated rings. The van der Waals surface area contributed by atoms with Gasteiger partial charge in [-0.25, -0.2) is 0 Å². The van der Waals surface area contributed by atoms with E-state index in [1.165, 1.54) is 0 Å². The number of nitrogens with one attached hydrogen (secondary N) is 2. The average molecular weight is 250 g/mol. The van der Waals surface area contributed by atoms with Crippen LogP contribution in [0.25, 0.3) is 0 Å². The quantitative estimate of drug-likeness (QED) is 0.738. The van der Waals surface area contributed by atoms with Crippen molar-refractivity contribution in [1.29, 1.82) is 0 Å². The lowest BCUT2D eigenvalue weighted by Crippen LogP contribution is -2.35. The van der Waals surface area contributed by atoms with Crippen LogP contribution in [0.15, 0.2) is 24.3 Å². The van der Waals surface area contributed by atoms with Gasteiger partial charge in [-0.05, 0) is 38.5 Å². The first-order valence-corrected chi connectivity index (χ1v) is 6.15. The van der Waals surface area contributed by atoms with E-state index in [0.29, 0.717) is 5.56 Å². The van der Waals surface area contributed by atoms with Gasteiger partial charge in [0.05, 0.1) is 6.61 Å². The molecule has 1 rings (SSSR count). The van der Waals surface area contributed by atoms with E-state index in [1.54, 1.807) is 12.1 Å². The van der Waals surface area contributed by atoms with Crippen molar-refractivity contribution in [2.75, 3.05) is 13.2 Å². The number of aliphatic hydroxyl groups excluding tert-OH is 1. The number of carbonyl (C=O) groups excluding carboxylic acids is 1. The topological polar surface area (TPSA) is 61.4 Å². The third-order valence-electron chi connectivity index (χ3n) is 2.44. The van der Waals surface area contributed by atoms with Gasteiger partial charge in [0.25, 0.3) is 5.91 Å². The van der Waals surface area contributed by atoms with Crippen molar-refractivity contribution in [3.8, 4) is 0 Å². The maximum Gasteiger partial charge on any atom is 0.251 e. The van der Waals surface area contributed by atoms with E-state index in [0.717, 1.165) is 12.1 Å². The molecule has 1 amide bonds. The Morgan fingerprint density at radius 1 is 1.22 bits per heavy atom. The third kappa shape index (κ3) is 5.29. The predicted molar refractivity (Wildman–Crippen MR) is 72.5 cm³/mol. The average Bonchev–Trinajstić information content (AvgIpc) is 2.33. The molecule has 100 valence electrons.